The van der Waals surface area contributed by atoms with Crippen molar-refractivity contribution >= 4 is 33.2 Å². The number of aromatic hydroxyl groups is 1. The molecule has 3 nitrogen and oxygen atoms in total. The average Bonchev–Trinajstić information content (AvgIpc) is 2.30. The summed E-state index contributed by atoms with van der Waals surface area (Å²) < 4.78 is 1.36. The lowest BCUT2D eigenvalue weighted by Crippen LogP contribution is -2.02. The van der Waals surface area contributed by atoms with E-state index in [0.717, 1.165) is 4.70 Å². The van der Waals surface area contributed by atoms with Crippen LogP contribution in [0.1, 0.15) is 0 Å². The molecule has 0 aromatic carbocycles. The second kappa shape index (κ2) is 2.50. The predicted octanol–water partition coefficient (Wildman–Crippen LogP) is 1.95. The molecule has 0 amide bonds. The zero-order chi connectivity index (χ0) is 8.72. The summed E-state index contributed by atoms with van der Waals surface area (Å²) in [7, 11) is 0. The maximum absolute atomic E-state index is 10.9. The molecule has 2 N–H and O–H groups in total. The van der Waals surface area contributed by atoms with Gasteiger partial charge in [-0.25, -0.2) is 0 Å². The van der Waals surface area contributed by atoms with Crippen molar-refractivity contribution in [1.29, 1.82) is 0 Å². The number of thiophene rings is 1. The Morgan fingerprint density at radius 2 is 2.25 bits per heavy atom. The van der Waals surface area contributed by atoms with E-state index in [9.17, 15) is 4.79 Å². The van der Waals surface area contributed by atoms with E-state index in [1.165, 1.54) is 17.4 Å². The van der Waals surface area contributed by atoms with E-state index in [4.69, 9.17) is 16.7 Å². The molecule has 2 rings (SSSR count). The highest BCUT2D eigenvalue weighted by molar-refractivity contribution is 7.22. The van der Waals surface area contributed by atoms with Crippen LogP contribution in [0.4, 0.5) is 0 Å². The molecule has 5 heteroatoms. The Morgan fingerprint density at radius 3 is 3.00 bits per heavy atom. The highest BCUT2D eigenvalue weighted by Gasteiger charge is 2.03. The Bertz CT molecular complexity index is 488. The molecule has 0 aliphatic carbocycles. The smallest absolute Gasteiger partial charge is 0.290 e. The maximum atomic E-state index is 10.9. The van der Waals surface area contributed by atoms with Crippen molar-refractivity contribution in [2.24, 2.45) is 0 Å². The number of nitrogens with one attached hydrogen (secondary N) is 1. The first-order valence-corrected chi connectivity index (χ1v) is 4.37. The molecule has 0 fully saturated rings. The minimum atomic E-state index is -0.489. The Balaban J connectivity index is 2.92. The van der Waals surface area contributed by atoms with E-state index in [1.54, 1.807) is 6.07 Å². The molecular weight excluding hydrogens is 198 g/mol. The average molecular weight is 202 g/mol. The van der Waals surface area contributed by atoms with Gasteiger partial charge in [0.15, 0.2) is 5.75 Å². The molecular formula is C7H4ClNO2S. The van der Waals surface area contributed by atoms with Crippen molar-refractivity contribution in [1.82, 2.24) is 4.98 Å². The van der Waals surface area contributed by atoms with Gasteiger partial charge in [-0.05, 0) is 6.07 Å². The van der Waals surface area contributed by atoms with Gasteiger partial charge in [0, 0.05) is 6.07 Å². The van der Waals surface area contributed by atoms with Gasteiger partial charge in [-0.2, -0.15) is 0 Å². The van der Waals surface area contributed by atoms with Crippen LogP contribution in [0.2, 0.25) is 4.34 Å². The van der Waals surface area contributed by atoms with Crippen LogP contribution in [0.25, 0.3) is 10.2 Å². The SMILES string of the molecule is O=c1[nH]c2cc(Cl)sc2cc1O. The molecule has 2 aromatic rings. The van der Waals surface area contributed by atoms with E-state index in [-0.39, 0.29) is 5.75 Å². The number of hydrogen-bond donors (Lipinski definition) is 2. The topological polar surface area (TPSA) is 53.1 Å². The third-order valence-corrected chi connectivity index (χ3v) is 2.69. The molecule has 0 unspecified atom stereocenters. The van der Waals surface area contributed by atoms with Gasteiger partial charge in [0.25, 0.3) is 5.56 Å². The number of fused-ring (bicyclic) bond motifs is 1. The summed E-state index contributed by atoms with van der Waals surface area (Å²) in [5.74, 6) is -0.277. The minimum Gasteiger partial charge on any atom is -0.503 e. The van der Waals surface area contributed by atoms with Crippen molar-refractivity contribution in [3.05, 3.63) is 26.8 Å². The highest BCUT2D eigenvalue weighted by Crippen LogP contribution is 2.28. The second-order valence-corrected chi connectivity index (χ2v) is 4.03. The van der Waals surface area contributed by atoms with Crippen LogP contribution >= 0.6 is 22.9 Å². The summed E-state index contributed by atoms with van der Waals surface area (Å²) in [6.45, 7) is 0. The second-order valence-electron chi connectivity index (χ2n) is 2.31. The highest BCUT2D eigenvalue weighted by atomic mass is 35.5. The number of aromatic nitrogens is 1. The predicted molar refractivity (Wildman–Crippen MR) is 49.1 cm³/mol. The zero-order valence-corrected chi connectivity index (χ0v) is 7.37. The van der Waals surface area contributed by atoms with Gasteiger partial charge in [-0.15, -0.1) is 11.3 Å². The van der Waals surface area contributed by atoms with Gasteiger partial charge in [0.2, 0.25) is 0 Å². The molecule has 12 heavy (non-hydrogen) atoms. The van der Waals surface area contributed by atoms with Gasteiger partial charge in [0.1, 0.15) is 0 Å². The summed E-state index contributed by atoms with van der Waals surface area (Å²) in [4.78, 5) is 13.4. The molecule has 0 aliphatic heterocycles. The fraction of sp³-hybridized carbons (Fsp3) is 0. The third-order valence-electron chi connectivity index (χ3n) is 1.48. The standard InChI is InChI=1S/C7H4ClNO2S/c8-6-1-3-5(12-6)2-4(10)7(11)9-3/h1-2,10H,(H,9,11). The lowest BCUT2D eigenvalue weighted by atomic mass is 10.4. The van der Waals surface area contributed by atoms with Crippen LogP contribution in [0.3, 0.4) is 0 Å². The molecule has 0 bridgehead atoms. The molecule has 62 valence electrons. The minimum absolute atomic E-state index is 0.277. The fourth-order valence-corrected chi connectivity index (χ4v) is 2.09. The normalized spacial score (nSPS) is 10.8. The van der Waals surface area contributed by atoms with Crippen molar-refractivity contribution in [3.63, 3.8) is 0 Å². The number of H-pyrrole nitrogens is 1. The molecule has 0 radical (unpaired) electrons. The van der Waals surface area contributed by atoms with Crippen molar-refractivity contribution in [2.45, 2.75) is 0 Å². The summed E-state index contributed by atoms with van der Waals surface area (Å²) >= 11 is 7.01. The van der Waals surface area contributed by atoms with Crippen molar-refractivity contribution in [3.8, 4) is 5.75 Å². The number of rotatable bonds is 0. The fourth-order valence-electron chi connectivity index (χ4n) is 0.955. The molecule has 0 spiro atoms. The molecule has 0 atom stereocenters. The Kier molecular flexibility index (Phi) is 1.59. The number of hydrogen-bond acceptors (Lipinski definition) is 3. The van der Waals surface area contributed by atoms with Gasteiger partial charge in [0.05, 0.1) is 14.6 Å². The summed E-state index contributed by atoms with van der Waals surface area (Å²) in [6, 6.07) is 3.06. The van der Waals surface area contributed by atoms with E-state index in [0.29, 0.717) is 9.85 Å². The van der Waals surface area contributed by atoms with E-state index in [1.807, 2.05) is 0 Å². The van der Waals surface area contributed by atoms with E-state index >= 15 is 0 Å². The zero-order valence-electron chi connectivity index (χ0n) is 5.80. The maximum Gasteiger partial charge on any atom is 0.290 e. The van der Waals surface area contributed by atoms with Gasteiger partial charge in [-0.3, -0.25) is 4.79 Å². The number of pyridine rings is 1. The summed E-state index contributed by atoms with van der Waals surface area (Å²) in [6.07, 6.45) is 0. The van der Waals surface area contributed by atoms with Gasteiger partial charge >= 0.3 is 0 Å². The van der Waals surface area contributed by atoms with Crippen LogP contribution < -0.4 is 5.56 Å². The van der Waals surface area contributed by atoms with E-state index in [2.05, 4.69) is 4.98 Å². The van der Waals surface area contributed by atoms with Gasteiger partial charge < -0.3 is 10.1 Å². The Labute approximate surface area is 76.2 Å². The monoisotopic (exact) mass is 201 g/mol. The quantitative estimate of drug-likeness (QED) is 0.685. The van der Waals surface area contributed by atoms with Crippen LogP contribution in [0, 0.1) is 0 Å². The Hall–Kier alpha value is -1.00. The van der Waals surface area contributed by atoms with Crippen LogP contribution in [0.15, 0.2) is 16.9 Å². The van der Waals surface area contributed by atoms with E-state index < -0.39 is 5.56 Å². The van der Waals surface area contributed by atoms with Crippen LogP contribution in [0.5, 0.6) is 5.75 Å². The van der Waals surface area contributed by atoms with Crippen molar-refractivity contribution < 1.29 is 5.11 Å². The molecule has 0 saturated carbocycles. The third kappa shape index (κ3) is 1.09. The first kappa shape index (κ1) is 7.64. The lowest BCUT2D eigenvalue weighted by Gasteiger charge is -1.89. The van der Waals surface area contributed by atoms with Gasteiger partial charge in [-0.1, -0.05) is 11.6 Å². The molecule has 0 saturated heterocycles. The Morgan fingerprint density at radius 1 is 1.50 bits per heavy atom. The number of halogens is 1. The first-order chi connectivity index (χ1) is 5.66. The number of aromatic amines is 1. The lowest BCUT2D eigenvalue weighted by molar-refractivity contribution is 0.468. The first-order valence-electron chi connectivity index (χ1n) is 3.18. The van der Waals surface area contributed by atoms with Crippen LogP contribution in [-0.4, -0.2) is 10.1 Å². The van der Waals surface area contributed by atoms with Crippen LogP contribution in [-0.2, 0) is 0 Å². The molecule has 2 aromatic heterocycles. The summed E-state index contributed by atoms with van der Waals surface area (Å²) in [5.41, 5.74) is 0.171. The van der Waals surface area contributed by atoms with Crippen molar-refractivity contribution in [2.75, 3.05) is 0 Å². The largest absolute Gasteiger partial charge is 0.503 e. The molecule has 0 aliphatic rings. The molecule has 2 heterocycles. The summed E-state index contributed by atoms with van der Waals surface area (Å²) in [5, 5.41) is 9.05.